The third kappa shape index (κ3) is 4.18. The first-order valence-corrected chi connectivity index (χ1v) is 7.31. The van der Waals surface area contributed by atoms with Crippen LogP contribution in [0.5, 0.6) is 0 Å². The lowest BCUT2D eigenvalue weighted by Crippen LogP contribution is -2.49. The molecule has 0 aliphatic heterocycles. The minimum Gasteiger partial charge on any atom is -0.354 e. The molecule has 1 rings (SSSR count). The van der Waals surface area contributed by atoms with E-state index in [0.29, 0.717) is 5.92 Å². The van der Waals surface area contributed by atoms with Crippen molar-refractivity contribution in [2.24, 2.45) is 11.3 Å². The van der Waals surface area contributed by atoms with Gasteiger partial charge in [-0.2, -0.15) is 0 Å². The van der Waals surface area contributed by atoms with E-state index in [-0.39, 0.29) is 23.7 Å². The Morgan fingerprint density at radius 3 is 2.11 bits per heavy atom. The van der Waals surface area contributed by atoms with Crippen molar-refractivity contribution in [3.05, 3.63) is 0 Å². The summed E-state index contributed by atoms with van der Waals surface area (Å²) in [5.41, 5.74) is -0.172. The minimum absolute atomic E-state index is 0.132. The predicted octanol–water partition coefficient (Wildman–Crippen LogP) is 2.72. The lowest BCUT2D eigenvalue weighted by molar-refractivity contribution is -0.143. The molecule has 0 radical (unpaired) electrons. The topological polar surface area (TPSA) is 47.6 Å². The molecule has 1 unspecified atom stereocenters. The van der Waals surface area contributed by atoms with Crippen molar-refractivity contribution in [3.8, 4) is 0 Å². The highest BCUT2D eigenvalue weighted by molar-refractivity contribution is 5.83. The highest BCUT2D eigenvalue weighted by Gasteiger charge is 2.42. The average Bonchev–Trinajstić information content (AvgIpc) is 2.79. The Labute approximate surface area is 117 Å². The third-order valence-corrected chi connectivity index (χ3v) is 4.07. The van der Waals surface area contributed by atoms with Crippen LogP contribution in [0.4, 0.5) is 0 Å². The minimum atomic E-state index is -0.388. The van der Waals surface area contributed by atoms with Crippen LogP contribution in [0, 0.1) is 11.3 Å². The molecular weight excluding hydrogens is 242 g/mol. The van der Waals surface area contributed by atoms with E-state index in [4.69, 9.17) is 9.47 Å². The lowest BCUT2D eigenvalue weighted by atomic mass is 9.77. The van der Waals surface area contributed by atoms with Crippen molar-refractivity contribution >= 4 is 5.91 Å². The first kappa shape index (κ1) is 16.4. The second kappa shape index (κ2) is 7.25. The third-order valence-electron chi connectivity index (χ3n) is 4.07. The lowest BCUT2D eigenvalue weighted by Gasteiger charge is -2.32. The van der Waals surface area contributed by atoms with Crippen LogP contribution in [-0.4, -0.2) is 32.5 Å². The van der Waals surface area contributed by atoms with Crippen LogP contribution < -0.4 is 5.32 Å². The number of carbonyl (C=O) groups excluding carboxylic acids is 1. The molecule has 1 fully saturated rings. The number of hydrogen-bond acceptors (Lipinski definition) is 3. The first-order chi connectivity index (χ1) is 8.95. The zero-order valence-corrected chi connectivity index (χ0v) is 13.0. The average molecular weight is 271 g/mol. The smallest absolute Gasteiger partial charge is 0.226 e. The molecule has 4 nitrogen and oxygen atoms in total. The Morgan fingerprint density at radius 2 is 1.68 bits per heavy atom. The normalized spacial score (nSPS) is 19.9. The van der Waals surface area contributed by atoms with Gasteiger partial charge in [0, 0.05) is 19.6 Å². The van der Waals surface area contributed by atoms with Gasteiger partial charge < -0.3 is 14.8 Å². The standard InChI is InChI=1S/C15H29NO3/c1-11(2)10-15(8-6-7-9-15)14(17)16-12(3)13(18-4)19-5/h11-13H,6-10H2,1-5H3,(H,16,17). The molecule has 1 N–H and O–H groups in total. The molecule has 0 aromatic rings. The van der Waals surface area contributed by atoms with Crippen molar-refractivity contribution in [1.82, 2.24) is 5.32 Å². The van der Waals surface area contributed by atoms with Crippen molar-refractivity contribution in [2.75, 3.05) is 14.2 Å². The van der Waals surface area contributed by atoms with Gasteiger partial charge in [0.25, 0.3) is 0 Å². The van der Waals surface area contributed by atoms with Crippen LogP contribution in [-0.2, 0) is 14.3 Å². The van der Waals surface area contributed by atoms with Gasteiger partial charge in [-0.05, 0) is 32.1 Å². The summed E-state index contributed by atoms with van der Waals surface area (Å²) in [6, 6.07) is -0.132. The van der Waals surface area contributed by atoms with Crippen LogP contribution in [0.25, 0.3) is 0 Å². The molecule has 0 saturated heterocycles. The van der Waals surface area contributed by atoms with Gasteiger partial charge in [-0.15, -0.1) is 0 Å². The highest BCUT2D eigenvalue weighted by Crippen LogP contribution is 2.43. The van der Waals surface area contributed by atoms with E-state index in [1.54, 1.807) is 14.2 Å². The summed E-state index contributed by atoms with van der Waals surface area (Å²) in [6.45, 7) is 6.29. The molecule has 1 atom stereocenters. The molecular formula is C15H29NO3. The van der Waals surface area contributed by atoms with Crippen LogP contribution >= 0.6 is 0 Å². The van der Waals surface area contributed by atoms with Crippen LogP contribution in [0.15, 0.2) is 0 Å². The highest BCUT2D eigenvalue weighted by atomic mass is 16.7. The fourth-order valence-electron chi connectivity index (χ4n) is 3.29. The van der Waals surface area contributed by atoms with Crippen LogP contribution in [0.1, 0.15) is 52.9 Å². The number of amides is 1. The van der Waals surface area contributed by atoms with E-state index in [2.05, 4.69) is 19.2 Å². The van der Waals surface area contributed by atoms with Gasteiger partial charge in [-0.25, -0.2) is 0 Å². The molecule has 1 aliphatic rings. The predicted molar refractivity (Wildman–Crippen MR) is 75.8 cm³/mol. The van der Waals surface area contributed by atoms with Crippen molar-refractivity contribution in [3.63, 3.8) is 0 Å². The molecule has 112 valence electrons. The van der Waals surface area contributed by atoms with Gasteiger partial charge in [0.15, 0.2) is 6.29 Å². The Bertz CT molecular complexity index is 281. The molecule has 1 saturated carbocycles. The van der Waals surface area contributed by atoms with Crippen LogP contribution in [0.2, 0.25) is 0 Å². The van der Waals surface area contributed by atoms with E-state index >= 15 is 0 Å². The fraction of sp³-hybridized carbons (Fsp3) is 0.933. The molecule has 1 amide bonds. The van der Waals surface area contributed by atoms with Crippen molar-refractivity contribution in [1.29, 1.82) is 0 Å². The molecule has 0 aromatic heterocycles. The summed E-state index contributed by atoms with van der Waals surface area (Å²) in [5, 5.41) is 3.08. The zero-order chi connectivity index (χ0) is 14.5. The molecule has 19 heavy (non-hydrogen) atoms. The fourth-order valence-corrected chi connectivity index (χ4v) is 3.29. The van der Waals surface area contributed by atoms with Gasteiger partial charge >= 0.3 is 0 Å². The summed E-state index contributed by atoms with van der Waals surface area (Å²) in [6.07, 6.45) is 4.92. The monoisotopic (exact) mass is 271 g/mol. The molecule has 0 aromatic carbocycles. The molecule has 4 heteroatoms. The molecule has 0 spiro atoms. The van der Waals surface area contributed by atoms with Crippen molar-refractivity contribution < 1.29 is 14.3 Å². The summed E-state index contributed by atoms with van der Waals surface area (Å²) >= 11 is 0. The maximum atomic E-state index is 12.6. The van der Waals surface area contributed by atoms with Gasteiger partial charge in [0.05, 0.1) is 6.04 Å². The number of carbonyl (C=O) groups is 1. The quantitative estimate of drug-likeness (QED) is 0.724. The maximum absolute atomic E-state index is 12.6. The number of ether oxygens (including phenoxy) is 2. The SMILES string of the molecule is COC(OC)C(C)NC(=O)C1(CC(C)C)CCCC1. The number of rotatable bonds is 7. The van der Waals surface area contributed by atoms with Gasteiger partial charge in [-0.1, -0.05) is 26.7 Å². The number of nitrogens with one attached hydrogen (secondary N) is 1. The molecule has 0 bridgehead atoms. The Kier molecular flexibility index (Phi) is 6.27. The largest absolute Gasteiger partial charge is 0.354 e. The van der Waals surface area contributed by atoms with E-state index in [0.717, 1.165) is 32.1 Å². The summed E-state index contributed by atoms with van der Waals surface area (Å²) in [4.78, 5) is 12.6. The maximum Gasteiger partial charge on any atom is 0.226 e. The second-order valence-corrected chi connectivity index (χ2v) is 6.19. The van der Waals surface area contributed by atoms with E-state index in [9.17, 15) is 4.79 Å². The van der Waals surface area contributed by atoms with Gasteiger partial charge in [0.2, 0.25) is 5.91 Å². The van der Waals surface area contributed by atoms with E-state index < -0.39 is 0 Å². The summed E-state index contributed by atoms with van der Waals surface area (Å²) in [5.74, 6) is 0.713. The number of hydrogen-bond donors (Lipinski definition) is 1. The Balaban J connectivity index is 2.67. The van der Waals surface area contributed by atoms with E-state index in [1.165, 1.54) is 0 Å². The van der Waals surface area contributed by atoms with Crippen LogP contribution in [0.3, 0.4) is 0 Å². The first-order valence-electron chi connectivity index (χ1n) is 7.31. The summed E-state index contributed by atoms with van der Waals surface area (Å²) in [7, 11) is 3.19. The second-order valence-electron chi connectivity index (χ2n) is 6.19. The molecule has 0 heterocycles. The van der Waals surface area contributed by atoms with Crippen molar-refractivity contribution in [2.45, 2.75) is 65.2 Å². The molecule has 1 aliphatic carbocycles. The number of methoxy groups -OCH3 is 2. The van der Waals surface area contributed by atoms with Gasteiger partial charge in [0.1, 0.15) is 0 Å². The Hall–Kier alpha value is -0.610. The van der Waals surface area contributed by atoms with E-state index in [1.807, 2.05) is 6.92 Å². The summed E-state index contributed by atoms with van der Waals surface area (Å²) < 4.78 is 10.4. The Morgan fingerprint density at radius 1 is 1.16 bits per heavy atom. The van der Waals surface area contributed by atoms with Gasteiger partial charge in [-0.3, -0.25) is 4.79 Å². The zero-order valence-electron chi connectivity index (χ0n) is 13.0.